The highest BCUT2D eigenvalue weighted by Crippen LogP contribution is 2.60. The van der Waals surface area contributed by atoms with Gasteiger partial charge in [-0.05, 0) is 160 Å². The number of aromatic nitrogens is 5. The van der Waals surface area contributed by atoms with E-state index in [4.69, 9.17) is 10.1 Å². The van der Waals surface area contributed by atoms with Crippen LogP contribution in [0.2, 0.25) is 0 Å². The van der Waals surface area contributed by atoms with Crippen molar-refractivity contribution in [1.29, 1.82) is 0 Å². The third kappa shape index (κ3) is 14.4. The van der Waals surface area contributed by atoms with Gasteiger partial charge in [-0.15, -0.1) is 11.3 Å². The maximum Gasteiger partial charge on any atom is 0.284 e. The number of aliphatic hydroxyl groups excluding tert-OH is 1. The molecule has 4 aliphatic carbocycles. The number of para-hydroxylation sites is 1. The van der Waals surface area contributed by atoms with Crippen LogP contribution in [0.5, 0.6) is 0 Å². The predicted octanol–water partition coefficient (Wildman–Crippen LogP) is 11.5. The molecule has 5 fully saturated rings. The zero-order valence-electron chi connectivity index (χ0n) is 53.5. The number of nitrogens with zero attached hydrogens (tertiary/aromatic N) is 7. The Morgan fingerprint density at radius 3 is 2.23 bits per heavy atom. The van der Waals surface area contributed by atoms with Crippen LogP contribution in [0.3, 0.4) is 0 Å². The number of thiazole rings is 2. The lowest BCUT2D eigenvalue weighted by Crippen LogP contribution is -2.57. The van der Waals surface area contributed by atoms with Crippen LogP contribution in [0.25, 0.3) is 31.8 Å². The van der Waals surface area contributed by atoms with Crippen molar-refractivity contribution < 1.29 is 37.5 Å². The number of nitrogens with one attached hydrogen (secondary N) is 4. The molecule has 4 aromatic heterocycles. The zero-order chi connectivity index (χ0) is 64.6. The third-order valence-electron chi connectivity index (χ3n) is 19.9. The second-order valence-corrected chi connectivity index (χ2v) is 31.6. The maximum absolute atomic E-state index is 14.6. The molecule has 6 aliphatic rings. The smallest absolute Gasteiger partial charge is 0.284 e. The van der Waals surface area contributed by atoms with E-state index in [1.807, 2.05) is 131 Å². The molecule has 0 radical (unpaired) electrons. The first kappa shape index (κ1) is 64.7. The van der Waals surface area contributed by atoms with Gasteiger partial charge in [0.25, 0.3) is 11.8 Å². The van der Waals surface area contributed by atoms with Gasteiger partial charge in [-0.1, -0.05) is 106 Å². The summed E-state index contributed by atoms with van der Waals surface area (Å²) in [4.78, 5) is 88.7. The molecule has 0 unspecified atom stereocenters. The van der Waals surface area contributed by atoms with Gasteiger partial charge in [0, 0.05) is 61.4 Å². The molecule has 486 valence electrons. The molecule has 2 aliphatic heterocycles. The molecule has 7 aromatic rings. The fourth-order valence-corrected chi connectivity index (χ4v) is 18.3. The lowest BCUT2D eigenvalue weighted by Gasteiger charge is -2.56. The molecule has 4 bridgehead atoms. The number of carbonyl (C=O) groups is 5. The summed E-state index contributed by atoms with van der Waals surface area (Å²) in [6.45, 7) is 13.1. The molecule has 13 rings (SSSR count). The van der Waals surface area contributed by atoms with E-state index >= 15 is 0 Å². The maximum atomic E-state index is 14.6. The number of aryl methyl sites for hydroxylation is 1. The molecule has 0 spiro atoms. The summed E-state index contributed by atoms with van der Waals surface area (Å²) in [7, 11) is -4.12. The van der Waals surface area contributed by atoms with Crippen molar-refractivity contribution in [2.24, 2.45) is 28.6 Å². The van der Waals surface area contributed by atoms with Gasteiger partial charge < -0.3 is 25.5 Å². The fourth-order valence-electron chi connectivity index (χ4n) is 15.5. The number of unbranched alkanes of at least 4 members (excludes halogenated alkanes) is 5. The second kappa shape index (κ2) is 26.9. The molecule has 3 aromatic carbocycles. The molecule has 19 nitrogen and oxygen atoms in total. The highest BCUT2D eigenvalue weighted by molar-refractivity contribution is 7.90. The number of sulfonamides is 1. The van der Waals surface area contributed by atoms with Gasteiger partial charge in [0.15, 0.2) is 5.13 Å². The number of β-amino-alcohol motifs (C(OH)–C–C–N with tert-alkyl or cyclic N) is 1. The Hall–Kier alpha value is -7.40. The minimum absolute atomic E-state index is 0.0216. The lowest BCUT2D eigenvalue weighted by atomic mass is 9.49. The van der Waals surface area contributed by atoms with Crippen LogP contribution in [-0.2, 0) is 43.9 Å². The summed E-state index contributed by atoms with van der Waals surface area (Å²) in [5.41, 5.74) is 9.48. The van der Waals surface area contributed by atoms with Crippen molar-refractivity contribution in [3.63, 3.8) is 0 Å². The Kier molecular flexibility index (Phi) is 18.9. The molecular weight excluding hydrogens is 1220 g/mol. The summed E-state index contributed by atoms with van der Waals surface area (Å²) < 4.78 is 33.2. The number of aliphatic hydroxyl groups is 1. The van der Waals surface area contributed by atoms with Crippen LogP contribution >= 0.6 is 22.7 Å². The highest BCUT2D eigenvalue weighted by atomic mass is 32.2. The summed E-state index contributed by atoms with van der Waals surface area (Å²) in [6, 6.07) is 22.9. The van der Waals surface area contributed by atoms with Crippen molar-refractivity contribution >= 4 is 83.4 Å². The number of hydrogen-bond donors (Lipinski definition) is 5. The van der Waals surface area contributed by atoms with E-state index in [1.165, 1.54) is 54.8 Å². The largest absolute Gasteiger partial charge is 0.391 e. The monoisotopic (exact) mass is 1300 g/mol. The first-order chi connectivity index (χ1) is 44.1. The number of fused-ring (bicyclic) bond motifs is 2. The van der Waals surface area contributed by atoms with Crippen LogP contribution in [0.15, 0.2) is 90.6 Å². The van der Waals surface area contributed by atoms with Crippen LogP contribution in [-0.4, -0.2) is 110 Å². The highest BCUT2D eigenvalue weighted by Gasteiger charge is 2.51. The van der Waals surface area contributed by atoms with Gasteiger partial charge in [-0.25, -0.2) is 28.1 Å². The van der Waals surface area contributed by atoms with E-state index < -0.39 is 45.4 Å². The van der Waals surface area contributed by atoms with Gasteiger partial charge in [0.1, 0.15) is 23.6 Å². The van der Waals surface area contributed by atoms with Crippen LogP contribution in [0.1, 0.15) is 173 Å². The Morgan fingerprint density at radius 1 is 0.804 bits per heavy atom. The first-order valence-corrected chi connectivity index (χ1v) is 36.1. The van der Waals surface area contributed by atoms with E-state index in [0.29, 0.717) is 73.7 Å². The summed E-state index contributed by atoms with van der Waals surface area (Å²) in [6.07, 6.45) is 13.0. The zero-order valence-corrected chi connectivity index (χ0v) is 56.0. The Labute approximate surface area is 547 Å². The number of carbonyl (C=O) groups excluding carboxylic acids is 5. The number of likely N-dealkylation sites (tertiary alicyclic amines) is 1. The van der Waals surface area contributed by atoms with Gasteiger partial charge >= 0.3 is 0 Å². The Morgan fingerprint density at radius 2 is 1.52 bits per heavy atom. The molecular formula is C70H85N11O8S3. The van der Waals surface area contributed by atoms with E-state index in [0.717, 1.165) is 85.0 Å². The predicted molar refractivity (Wildman–Crippen MR) is 359 cm³/mol. The number of rotatable bonds is 23. The van der Waals surface area contributed by atoms with Crippen molar-refractivity contribution in [2.45, 2.75) is 175 Å². The minimum Gasteiger partial charge on any atom is -0.391 e. The lowest BCUT2D eigenvalue weighted by molar-refractivity contribution is -0.144. The molecule has 5 N–H and O–H groups in total. The standard InChI is InChI=1S/C70H85N11O8S3/c1-42(48-21-23-50(24-22-48)62-43(2)71-41-90-62)73-65(85)57-33-51(82)38-80(57)67(87)63(69(4,5)6)76-60(83)20-11-9-7-8-10-14-29-92(88,89)78-66(86)61-52(54-37-72-81(44(54)3)40-70-34-45-30-46(35-70)32-47(31-45)36-70)25-26-59(75-61)79-28-27-49-16-15-17-53(55(49)39-79)64(84)77-68-74-56-18-12-13-19-58(56)91-68/h12-13,15-19,21-26,37,41-42,45-47,51,57,63,82H,7-11,14,20,27-36,38-40H2,1-6H3,(H,73,85)(H,76,83)(H,78,86)(H,74,77,84)/t42-,45?,46?,47?,51+,57-,63+,70?/m0/s1. The summed E-state index contributed by atoms with van der Waals surface area (Å²) in [5, 5.41) is 25.2. The quantitative estimate of drug-likeness (QED) is 0.0374. The van der Waals surface area contributed by atoms with Gasteiger partial charge in [0.05, 0.1) is 50.4 Å². The molecule has 6 heterocycles. The second-order valence-electron chi connectivity index (χ2n) is 27.8. The van der Waals surface area contributed by atoms with E-state index in [9.17, 15) is 37.5 Å². The van der Waals surface area contributed by atoms with Crippen molar-refractivity contribution in [3.8, 4) is 21.6 Å². The van der Waals surface area contributed by atoms with Crippen LogP contribution in [0.4, 0.5) is 10.9 Å². The molecule has 92 heavy (non-hydrogen) atoms. The van der Waals surface area contributed by atoms with E-state index in [2.05, 4.69) is 35.3 Å². The SMILES string of the molecule is Cc1ncsc1-c1ccc([C@H](C)NC(=O)[C@@H]2C[C@@H](O)CN2C(=O)[C@@H](NC(=O)CCCCCCCCS(=O)(=O)NC(=O)c2nc(N3CCc4cccc(C(=O)Nc5nc6ccccc6s5)c4C3)ccc2-c2cnn(CC34CC5CC(CC(C5)C3)C4)c2C)C(C)(C)C)cc1. The molecule has 1 saturated heterocycles. The van der Waals surface area contributed by atoms with E-state index in [1.54, 1.807) is 17.5 Å². The number of pyridine rings is 1. The topological polar surface area (TPSA) is 251 Å². The Balaban J connectivity index is 0.649. The normalized spacial score (nSPS) is 21.7. The van der Waals surface area contributed by atoms with Crippen molar-refractivity contribution in [3.05, 3.63) is 130 Å². The van der Waals surface area contributed by atoms with Crippen molar-refractivity contribution in [2.75, 3.05) is 29.1 Å². The molecule has 5 amide bonds. The summed E-state index contributed by atoms with van der Waals surface area (Å²) in [5.74, 6) is 0.330. The average molecular weight is 1300 g/mol. The van der Waals surface area contributed by atoms with E-state index in [-0.39, 0.29) is 60.0 Å². The van der Waals surface area contributed by atoms with Crippen LogP contribution in [0, 0.1) is 42.4 Å². The van der Waals surface area contributed by atoms with Gasteiger partial charge in [-0.2, -0.15) is 5.10 Å². The molecule has 4 atom stereocenters. The van der Waals surface area contributed by atoms with Crippen LogP contribution < -0.4 is 25.6 Å². The third-order valence-corrected chi connectivity index (χ3v) is 23.1. The van der Waals surface area contributed by atoms with Gasteiger partial charge in [0.2, 0.25) is 27.7 Å². The molecule has 22 heteroatoms. The van der Waals surface area contributed by atoms with Crippen molar-refractivity contribution in [1.82, 2.24) is 45.0 Å². The average Bonchev–Trinajstić information content (AvgIpc) is 0.973. The number of benzene rings is 3. The summed E-state index contributed by atoms with van der Waals surface area (Å²) >= 11 is 2.98. The number of hydrogen-bond acceptors (Lipinski definition) is 15. The first-order valence-electron chi connectivity index (χ1n) is 32.8. The van der Waals surface area contributed by atoms with Gasteiger partial charge in [-0.3, -0.25) is 34.0 Å². The number of anilines is 2. The minimum atomic E-state index is -4.12. The Bertz CT molecular complexity index is 3950. The number of amides is 5. The fraction of sp³-hybridized carbons (Fsp3) is 0.500. The molecule has 4 saturated carbocycles.